The average molecular weight is 168 g/mol. The quantitative estimate of drug-likeness (QED) is 0.609. The number of carbonyl (C=O) groups excluding carboxylic acids is 1. The molecule has 0 radical (unpaired) electrons. The maximum absolute atomic E-state index is 10.9. The summed E-state index contributed by atoms with van der Waals surface area (Å²) in [6, 6.07) is -0.242. The van der Waals surface area contributed by atoms with E-state index in [1.54, 1.807) is 13.2 Å². The van der Waals surface area contributed by atoms with Crippen molar-refractivity contribution >= 4 is 11.8 Å². The first-order valence-corrected chi connectivity index (χ1v) is 3.79. The van der Waals surface area contributed by atoms with Crippen LogP contribution in [-0.2, 0) is 6.42 Å². The number of rotatable bonds is 2. The Balaban J connectivity index is 2.68. The summed E-state index contributed by atoms with van der Waals surface area (Å²) in [6.45, 7) is 2.00. The number of aromatic nitrogens is 2. The van der Waals surface area contributed by atoms with E-state index < -0.39 is 0 Å². The van der Waals surface area contributed by atoms with Crippen LogP contribution >= 0.6 is 0 Å². The van der Waals surface area contributed by atoms with Gasteiger partial charge in [-0.25, -0.2) is 4.79 Å². The molecule has 0 spiro atoms. The Morgan fingerprint density at radius 1 is 1.75 bits per heavy atom. The predicted molar refractivity (Wildman–Crippen MR) is 46.0 cm³/mol. The molecule has 0 aliphatic carbocycles. The third-order valence-electron chi connectivity index (χ3n) is 1.56. The molecule has 5 nitrogen and oxygen atoms in total. The number of amides is 2. The van der Waals surface area contributed by atoms with Gasteiger partial charge in [0.25, 0.3) is 0 Å². The van der Waals surface area contributed by atoms with Crippen LogP contribution in [0.1, 0.15) is 12.5 Å². The first kappa shape index (κ1) is 8.58. The van der Waals surface area contributed by atoms with E-state index in [2.05, 4.69) is 20.8 Å². The standard InChI is InChI=1S/C7H12N4O/c1-3-5-4-9-11-6(5)10-7(12)8-2/h4H,3H2,1-2H3,(H3,8,9,10,11,12). The minimum absolute atomic E-state index is 0.242. The Bertz CT molecular complexity index is 268. The molecule has 0 bridgehead atoms. The van der Waals surface area contributed by atoms with E-state index in [1.807, 2.05) is 6.92 Å². The second-order valence-electron chi connectivity index (χ2n) is 2.33. The van der Waals surface area contributed by atoms with Crippen molar-refractivity contribution in [3.63, 3.8) is 0 Å². The van der Waals surface area contributed by atoms with Crippen LogP contribution in [0.2, 0.25) is 0 Å². The van der Waals surface area contributed by atoms with Gasteiger partial charge < -0.3 is 5.32 Å². The van der Waals surface area contributed by atoms with Crippen LogP contribution in [0.15, 0.2) is 6.20 Å². The average Bonchev–Trinajstić information content (AvgIpc) is 2.51. The summed E-state index contributed by atoms with van der Waals surface area (Å²) in [4.78, 5) is 10.9. The molecule has 66 valence electrons. The zero-order valence-corrected chi connectivity index (χ0v) is 7.14. The van der Waals surface area contributed by atoms with Crippen LogP contribution in [0.5, 0.6) is 0 Å². The van der Waals surface area contributed by atoms with Crippen molar-refractivity contribution in [3.8, 4) is 0 Å². The van der Waals surface area contributed by atoms with Crippen molar-refractivity contribution in [2.45, 2.75) is 13.3 Å². The predicted octanol–water partition coefficient (Wildman–Crippen LogP) is 0.723. The molecule has 0 aliphatic rings. The lowest BCUT2D eigenvalue weighted by atomic mass is 10.2. The molecule has 12 heavy (non-hydrogen) atoms. The second-order valence-corrected chi connectivity index (χ2v) is 2.33. The van der Waals surface area contributed by atoms with E-state index in [0.29, 0.717) is 5.82 Å². The molecule has 1 aromatic heterocycles. The minimum Gasteiger partial charge on any atom is -0.341 e. The van der Waals surface area contributed by atoms with Gasteiger partial charge in [-0.15, -0.1) is 0 Å². The number of hydrogen-bond acceptors (Lipinski definition) is 2. The summed E-state index contributed by atoms with van der Waals surface area (Å²) in [5.74, 6) is 0.664. The van der Waals surface area contributed by atoms with Crippen LogP contribution in [-0.4, -0.2) is 23.3 Å². The molecule has 0 aliphatic heterocycles. The normalized spacial score (nSPS) is 9.50. The highest BCUT2D eigenvalue weighted by atomic mass is 16.2. The monoisotopic (exact) mass is 168 g/mol. The lowest BCUT2D eigenvalue weighted by molar-refractivity contribution is 0.254. The van der Waals surface area contributed by atoms with E-state index in [9.17, 15) is 4.79 Å². The Morgan fingerprint density at radius 2 is 2.50 bits per heavy atom. The van der Waals surface area contributed by atoms with Crippen molar-refractivity contribution in [1.29, 1.82) is 0 Å². The molecule has 0 atom stereocenters. The summed E-state index contributed by atoms with van der Waals surface area (Å²) < 4.78 is 0. The van der Waals surface area contributed by atoms with Crippen molar-refractivity contribution in [1.82, 2.24) is 15.5 Å². The number of anilines is 1. The Labute approximate surface area is 70.5 Å². The van der Waals surface area contributed by atoms with Gasteiger partial charge in [0.2, 0.25) is 0 Å². The number of urea groups is 1. The van der Waals surface area contributed by atoms with E-state index in [0.717, 1.165) is 12.0 Å². The third-order valence-corrected chi connectivity index (χ3v) is 1.56. The summed E-state index contributed by atoms with van der Waals surface area (Å²) >= 11 is 0. The van der Waals surface area contributed by atoms with E-state index >= 15 is 0 Å². The fraction of sp³-hybridized carbons (Fsp3) is 0.429. The maximum atomic E-state index is 10.9. The maximum Gasteiger partial charge on any atom is 0.320 e. The van der Waals surface area contributed by atoms with E-state index in [1.165, 1.54) is 0 Å². The SMILES string of the molecule is CCc1cn[nH]c1NC(=O)NC. The number of aromatic amines is 1. The summed E-state index contributed by atoms with van der Waals surface area (Å²) in [5.41, 5.74) is 0.999. The third kappa shape index (κ3) is 1.75. The molecule has 0 aromatic carbocycles. The molecule has 1 rings (SSSR count). The largest absolute Gasteiger partial charge is 0.341 e. The molecular weight excluding hydrogens is 156 g/mol. The molecular formula is C7H12N4O. The Hall–Kier alpha value is -1.52. The number of H-pyrrole nitrogens is 1. The second kappa shape index (κ2) is 3.75. The molecule has 3 N–H and O–H groups in total. The van der Waals surface area contributed by atoms with Crippen LogP contribution in [0.4, 0.5) is 10.6 Å². The van der Waals surface area contributed by atoms with Crippen LogP contribution in [0.25, 0.3) is 0 Å². The van der Waals surface area contributed by atoms with Gasteiger partial charge >= 0.3 is 6.03 Å². The zero-order chi connectivity index (χ0) is 8.97. The van der Waals surface area contributed by atoms with Gasteiger partial charge in [0.1, 0.15) is 5.82 Å². The minimum atomic E-state index is -0.242. The van der Waals surface area contributed by atoms with Gasteiger partial charge in [0.15, 0.2) is 0 Å². The highest BCUT2D eigenvalue weighted by Crippen LogP contribution is 2.10. The fourth-order valence-corrected chi connectivity index (χ4v) is 0.863. The van der Waals surface area contributed by atoms with Gasteiger partial charge in [-0.3, -0.25) is 10.4 Å². The summed E-state index contributed by atoms with van der Waals surface area (Å²) in [5, 5.41) is 11.6. The van der Waals surface area contributed by atoms with Gasteiger partial charge in [-0.1, -0.05) is 6.92 Å². The molecule has 2 amide bonds. The number of hydrogen-bond donors (Lipinski definition) is 3. The number of aryl methyl sites for hydroxylation is 1. The van der Waals surface area contributed by atoms with Gasteiger partial charge in [0, 0.05) is 12.6 Å². The molecule has 0 fully saturated rings. The lowest BCUT2D eigenvalue weighted by Gasteiger charge is -2.02. The van der Waals surface area contributed by atoms with Crippen LogP contribution < -0.4 is 10.6 Å². The van der Waals surface area contributed by atoms with Crippen molar-refractivity contribution < 1.29 is 4.79 Å². The van der Waals surface area contributed by atoms with Gasteiger partial charge in [0.05, 0.1) is 6.20 Å². The van der Waals surface area contributed by atoms with Crippen molar-refractivity contribution in [2.75, 3.05) is 12.4 Å². The summed E-state index contributed by atoms with van der Waals surface area (Å²) in [6.07, 6.45) is 2.54. The summed E-state index contributed by atoms with van der Waals surface area (Å²) in [7, 11) is 1.57. The fourth-order valence-electron chi connectivity index (χ4n) is 0.863. The van der Waals surface area contributed by atoms with E-state index in [-0.39, 0.29) is 6.03 Å². The van der Waals surface area contributed by atoms with Crippen molar-refractivity contribution in [3.05, 3.63) is 11.8 Å². The van der Waals surface area contributed by atoms with Gasteiger partial charge in [-0.05, 0) is 6.42 Å². The molecule has 0 saturated heterocycles. The number of carbonyl (C=O) groups is 1. The highest BCUT2D eigenvalue weighted by Gasteiger charge is 2.04. The smallest absolute Gasteiger partial charge is 0.320 e. The molecule has 5 heteroatoms. The molecule has 0 unspecified atom stereocenters. The van der Waals surface area contributed by atoms with E-state index in [4.69, 9.17) is 0 Å². The van der Waals surface area contributed by atoms with Crippen LogP contribution in [0.3, 0.4) is 0 Å². The highest BCUT2D eigenvalue weighted by molar-refractivity contribution is 5.88. The Morgan fingerprint density at radius 3 is 3.08 bits per heavy atom. The molecule has 1 aromatic rings. The van der Waals surface area contributed by atoms with Crippen LogP contribution in [0, 0.1) is 0 Å². The first-order chi connectivity index (χ1) is 5.77. The number of nitrogens with zero attached hydrogens (tertiary/aromatic N) is 1. The first-order valence-electron chi connectivity index (χ1n) is 3.79. The number of nitrogens with one attached hydrogen (secondary N) is 3. The topological polar surface area (TPSA) is 69.8 Å². The zero-order valence-electron chi connectivity index (χ0n) is 7.14. The van der Waals surface area contributed by atoms with Crippen molar-refractivity contribution in [2.24, 2.45) is 0 Å². The van der Waals surface area contributed by atoms with Gasteiger partial charge in [-0.2, -0.15) is 5.10 Å². The molecule has 0 saturated carbocycles. The molecule has 1 heterocycles. The Kier molecular flexibility index (Phi) is 2.68. The lowest BCUT2D eigenvalue weighted by Crippen LogP contribution is -2.25.